The summed E-state index contributed by atoms with van der Waals surface area (Å²) in [7, 11) is -2.23. The fourth-order valence-electron chi connectivity index (χ4n) is 2.89. The van der Waals surface area contributed by atoms with Gasteiger partial charge in [0.15, 0.2) is 12.4 Å². The molecule has 0 saturated heterocycles. The molecule has 0 saturated carbocycles. The van der Waals surface area contributed by atoms with Crippen molar-refractivity contribution < 1.29 is 4.98 Å². The second-order valence-corrected chi connectivity index (χ2v) is 17.7. The maximum absolute atomic E-state index is 3.12. The molecule has 0 bridgehead atoms. The number of pyridine rings is 1. The summed E-state index contributed by atoms with van der Waals surface area (Å²) in [5.74, 6) is 0. The van der Waals surface area contributed by atoms with Crippen LogP contribution in [0.2, 0.25) is 39.3 Å². The van der Waals surface area contributed by atoms with Gasteiger partial charge in [-0.2, -0.15) is 0 Å². The quantitative estimate of drug-likeness (QED) is 0.717. The first-order chi connectivity index (χ1) is 6.73. The topological polar surface area (TPSA) is 14.1 Å². The fraction of sp³-hybridized carbons (Fsp3) is 0.583. The number of H-pyrrole nitrogens is 1. The second-order valence-electron chi connectivity index (χ2n) is 6.50. The van der Waals surface area contributed by atoms with Gasteiger partial charge >= 0.3 is 0 Å². The van der Waals surface area contributed by atoms with Crippen molar-refractivity contribution in [2.45, 2.75) is 44.4 Å². The number of rotatable bonds is 3. The van der Waals surface area contributed by atoms with Gasteiger partial charge in [0.2, 0.25) is 0 Å². The largest absolute Gasteiger partial charge is 0.218 e. The van der Waals surface area contributed by atoms with Crippen LogP contribution >= 0.6 is 0 Å². The second kappa shape index (κ2) is 4.22. The average Bonchev–Trinajstić information content (AvgIpc) is 2.00. The molecule has 1 aromatic rings. The minimum atomic E-state index is -1.12. The lowest BCUT2D eigenvalue weighted by molar-refractivity contribution is -0.378. The highest BCUT2D eigenvalue weighted by Crippen LogP contribution is 2.34. The Bertz CT molecular complexity index is 295. The zero-order valence-electron chi connectivity index (χ0n) is 10.9. The summed E-state index contributed by atoms with van der Waals surface area (Å²) < 4.78 is 0. The highest BCUT2D eigenvalue weighted by molar-refractivity contribution is 6.96. The van der Waals surface area contributed by atoms with E-state index in [0.717, 1.165) is 5.16 Å². The van der Waals surface area contributed by atoms with Crippen molar-refractivity contribution in [1.29, 1.82) is 0 Å². The molecule has 1 rings (SSSR count). The van der Waals surface area contributed by atoms with Gasteiger partial charge in [-0.05, 0) is 10.7 Å². The predicted octanol–water partition coefficient (Wildman–Crippen LogP) is 3.34. The Morgan fingerprint density at radius 3 is 1.60 bits per heavy atom. The van der Waals surface area contributed by atoms with Crippen LogP contribution in [0.5, 0.6) is 0 Å². The van der Waals surface area contributed by atoms with E-state index in [4.69, 9.17) is 0 Å². The van der Waals surface area contributed by atoms with Crippen LogP contribution in [0.1, 0.15) is 10.7 Å². The Balaban J connectivity index is 3.15. The van der Waals surface area contributed by atoms with Crippen LogP contribution in [0.4, 0.5) is 0 Å². The van der Waals surface area contributed by atoms with Crippen LogP contribution in [0, 0.1) is 0 Å². The van der Waals surface area contributed by atoms with Crippen LogP contribution in [-0.4, -0.2) is 16.1 Å². The molecule has 0 amide bonds. The average molecular weight is 239 g/mol. The van der Waals surface area contributed by atoms with Crippen molar-refractivity contribution in [3.05, 3.63) is 30.1 Å². The van der Waals surface area contributed by atoms with Gasteiger partial charge in [0.05, 0.1) is 0 Å². The minimum Gasteiger partial charge on any atom is -0.218 e. The summed E-state index contributed by atoms with van der Waals surface area (Å²) in [5.41, 5.74) is 1.55. The Morgan fingerprint density at radius 1 is 0.867 bits per heavy atom. The summed E-state index contributed by atoms with van der Waals surface area (Å²) in [6.45, 7) is 15.0. The molecular weight excluding hydrogens is 214 g/mol. The van der Waals surface area contributed by atoms with Crippen LogP contribution in [0.15, 0.2) is 24.5 Å². The molecule has 15 heavy (non-hydrogen) atoms. The van der Waals surface area contributed by atoms with Crippen LogP contribution < -0.4 is 4.98 Å². The molecule has 3 heteroatoms. The highest BCUT2D eigenvalue weighted by atomic mass is 28.4. The molecule has 1 N–H and O–H groups in total. The molecule has 0 spiro atoms. The summed E-state index contributed by atoms with van der Waals surface area (Å²) in [5, 5.41) is 0.847. The Kier molecular flexibility index (Phi) is 3.56. The van der Waals surface area contributed by atoms with Crippen molar-refractivity contribution in [3.8, 4) is 0 Å². The monoisotopic (exact) mass is 238 g/mol. The summed E-state index contributed by atoms with van der Waals surface area (Å²) in [6, 6.07) is 4.53. The van der Waals surface area contributed by atoms with Gasteiger partial charge in [-0.15, -0.1) is 0 Å². The number of hydrogen-bond acceptors (Lipinski definition) is 0. The van der Waals surface area contributed by atoms with Gasteiger partial charge in [0, 0.05) is 28.3 Å². The van der Waals surface area contributed by atoms with E-state index in [0.29, 0.717) is 0 Å². The molecule has 0 aliphatic carbocycles. The third kappa shape index (κ3) is 3.28. The molecule has 1 nitrogen and oxygen atoms in total. The third-order valence-corrected chi connectivity index (χ3v) is 12.1. The molecule has 1 aromatic heterocycles. The van der Waals surface area contributed by atoms with Gasteiger partial charge < -0.3 is 0 Å². The van der Waals surface area contributed by atoms with E-state index < -0.39 is 16.1 Å². The lowest BCUT2D eigenvalue weighted by Gasteiger charge is -2.38. The molecule has 1 heterocycles. The minimum absolute atomic E-state index is 0.847. The van der Waals surface area contributed by atoms with Crippen molar-refractivity contribution in [2.75, 3.05) is 0 Å². The van der Waals surface area contributed by atoms with Gasteiger partial charge in [-0.3, -0.25) is 0 Å². The summed E-state index contributed by atoms with van der Waals surface area (Å²) in [4.78, 5) is 3.12. The number of aromatic amines is 1. The van der Waals surface area contributed by atoms with E-state index in [-0.39, 0.29) is 0 Å². The molecular formula is C12H24NSi2+. The normalized spacial score (nSPS) is 13.3. The highest BCUT2D eigenvalue weighted by Gasteiger charge is 2.38. The van der Waals surface area contributed by atoms with Gasteiger partial charge in [-0.25, -0.2) is 4.98 Å². The van der Waals surface area contributed by atoms with E-state index in [2.05, 4.69) is 68.8 Å². The Morgan fingerprint density at radius 2 is 1.27 bits per heavy atom. The van der Waals surface area contributed by atoms with Crippen molar-refractivity contribution in [2.24, 2.45) is 0 Å². The maximum Gasteiger partial charge on any atom is 0.167 e. The van der Waals surface area contributed by atoms with E-state index >= 15 is 0 Å². The van der Waals surface area contributed by atoms with Crippen LogP contribution in [0.25, 0.3) is 0 Å². The summed E-state index contributed by atoms with van der Waals surface area (Å²) in [6.07, 6.45) is 4.12. The molecule has 0 aliphatic rings. The first-order valence-electron chi connectivity index (χ1n) is 5.69. The van der Waals surface area contributed by atoms with Crippen molar-refractivity contribution >= 4 is 16.1 Å². The zero-order valence-corrected chi connectivity index (χ0v) is 12.9. The number of hydrogen-bond donors (Lipinski definition) is 0. The zero-order chi connectivity index (χ0) is 11.7. The Hall–Kier alpha value is -0.416. The van der Waals surface area contributed by atoms with Gasteiger partial charge in [-0.1, -0.05) is 39.3 Å². The van der Waals surface area contributed by atoms with E-state index in [1.54, 1.807) is 5.56 Å². The first-order valence-corrected chi connectivity index (χ1v) is 12.8. The molecule has 0 radical (unpaired) electrons. The van der Waals surface area contributed by atoms with E-state index in [9.17, 15) is 0 Å². The molecule has 0 atom stereocenters. The molecule has 0 fully saturated rings. The Labute approximate surface area is 96.0 Å². The third-order valence-electron chi connectivity index (χ3n) is 2.81. The predicted molar refractivity (Wildman–Crippen MR) is 72.4 cm³/mol. The lowest BCUT2D eigenvalue weighted by Crippen LogP contribution is -2.46. The van der Waals surface area contributed by atoms with Crippen molar-refractivity contribution in [1.82, 2.24) is 0 Å². The van der Waals surface area contributed by atoms with Crippen molar-refractivity contribution in [3.63, 3.8) is 0 Å². The smallest absolute Gasteiger partial charge is 0.167 e. The molecule has 84 valence electrons. The number of nitrogens with one attached hydrogen (secondary N) is 1. The summed E-state index contributed by atoms with van der Waals surface area (Å²) >= 11 is 0. The SMILES string of the molecule is C[Si](C)(C)C(c1cc[nH+]cc1)[Si](C)(C)C. The maximum atomic E-state index is 3.12. The van der Waals surface area contributed by atoms with E-state index in [1.165, 1.54) is 0 Å². The lowest BCUT2D eigenvalue weighted by atomic mass is 10.3. The molecule has 0 aliphatic heterocycles. The fourth-order valence-corrected chi connectivity index (χ4v) is 15.7. The van der Waals surface area contributed by atoms with Crippen LogP contribution in [-0.2, 0) is 0 Å². The molecule has 0 unspecified atom stereocenters. The van der Waals surface area contributed by atoms with Gasteiger partial charge in [0.1, 0.15) is 0 Å². The first kappa shape index (κ1) is 12.7. The van der Waals surface area contributed by atoms with E-state index in [1.807, 2.05) is 0 Å². The van der Waals surface area contributed by atoms with Gasteiger partial charge in [0.25, 0.3) is 0 Å². The number of aromatic nitrogens is 1. The van der Waals surface area contributed by atoms with Crippen LogP contribution in [0.3, 0.4) is 0 Å². The molecule has 0 aromatic carbocycles. The standard InChI is InChI=1S/C12H23NSi2/c1-14(2,3)12(15(4,5)6)11-7-9-13-10-8-11/h7-10,12H,1-6H3/p+1.